The smallest absolute Gasteiger partial charge is 0.312 e. The largest absolute Gasteiger partial charge is 0.486 e. The van der Waals surface area contributed by atoms with Crippen molar-refractivity contribution >= 4 is 27.9 Å². The number of amides is 3. The van der Waals surface area contributed by atoms with Crippen LogP contribution in [0.1, 0.15) is 23.6 Å². The van der Waals surface area contributed by atoms with Crippen molar-refractivity contribution in [1.82, 2.24) is 10.6 Å². The zero-order valence-electron chi connectivity index (χ0n) is 15.2. The molecule has 148 valence electrons. The summed E-state index contributed by atoms with van der Waals surface area (Å²) in [6.07, 6.45) is 0.758. The van der Waals surface area contributed by atoms with Gasteiger partial charge in [0.15, 0.2) is 11.5 Å². The summed E-state index contributed by atoms with van der Waals surface area (Å²) < 4.78 is 11.9. The molecule has 3 amide bonds. The highest BCUT2D eigenvalue weighted by molar-refractivity contribution is 9.10. The SMILES string of the molecule is NC(=O)N[C@@H](CC(=O)NCCc1ccc2c(c1)OCCO2)c1cccc(Br)c1. The minimum Gasteiger partial charge on any atom is -0.486 e. The molecule has 1 aliphatic rings. The van der Waals surface area contributed by atoms with Gasteiger partial charge in [0.25, 0.3) is 0 Å². The number of carbonyl (C=O) groups excluding carboxylic acids is 2. The van der Waals surface area contributed by atoms with Gasteiger partial charge in [-0.25, -0.2) is 4.79 Å². The summed E-state index contributed by atoms with van der Waals surface area (Å²) in [4.78, 5) is 23.7. The Morgan fingerprint density at radius 1 is 1.11 bits per heavy atom. The Hall–Kier alpha value is -2.74. The second kappa shape index (κ2) is 9.45. The fraction of sp³-hybridized carbons (Fsp3) is 0.300. The van der Waals surface area contributed by atoms with Crippen LogP contribution in [-0.4, -0.2) is 31.7 Å². The summed E-state index contributed by atoms with van der Waals surface area (Å²) in [5.74, 6) is 1.31. The predicted octanol–water partition coefficient (Wildman–Crippen LogP) is 2.68. The number of benzene rings is 2. The Kier molecular flexibility index (Phi) is 6.76. The first-order valence-electron chi connectivity index (χ1n) is 8.98. The molecule has 0 spiro atoms. The molecule has 2 aromatic carbocycles. The summed E-state index contributed by atoms with van der Waals surface area (Å²) >= 11 is 3.39. The summed E-state index contributed by atoms with van der Waals surface area (Å²) in [7, 11) is 0. The van der Waals surface area contributed by atoms with Crippen LogP contribution in [0, 0.1) is 0 Å². The zero-order chi connectivity index (χ0) is 19.9. The van der Waals surface area contributed by atoms with E-state index in [-0.39, 0.29) is 12.3 Å². The number of hydrogen-bond acceptors (Lipinski definition) is 4. The molecular weight excluding hydrogens is 426 g/mol. The predicted molar refractivity (Wildman–Crippen MR) is 108 cm³/mol. The molecule has 1 atom stereocenters. The first-order valence-corrected chi connectivity index (χ1v) is 9.77. The second-order valence-corrected chi connectivity index (χ2v) is 7.31. The lowest BCUT2D eigenvalue weighted by molar-refractivity contribution is -0.121. The quantitative estimate of drug-likeness (QED) is 0.606. The van der Waals surface area contributed by atoms with Crippen LogP contribution in [0.3, 0.4) is 0 Å². The molecule has 0 fully saturated rings. The molecular formula is C20H22BrN3O4. The molecule has 28 heavy (non-hydrogen) atoms. The number of rotatable bonds is 7. The zero-order valence-corrected chi connectivity index (χ0v) is 16.8. The van der Waals surface area contributed by atoms with E-state index in [9.17, 15) is 9.59 Å². The van der Waals surface area contributed by atoms with E-state index in [0.717, 1.165) is 27.1 Å². The van der Waals surface area contributed by atoms with Crippen LogP contribution in [0.2, 0.25) is 0 Å². The second-order valence-electron chi connectivity index (χ2n) is 6.40. The highest BCUT2D eigenvalue weighted by Crippen LogP contribution is 2.30. The highest BCUT2D eigenvalue weighted by atomic mass is 79.9. The van der Waals surface area contributed by atoms with Gasteiger partial charge in [0, 0.05) is 11.0 Å². The van der Waals surface area contributed by atoms with Crippen LogP contribution < -0.4 is 25.8 Å². The summed E-state index contributed by atoms with van der Waals surface area (Å²) in [6, 6.07) is 12.0. The van der Waals surface area contributed by atoms with Gasteiger partial charge in [-0.05, 0) is 41.8 Å². The van der Waals surface area contributed by atoms with Gasteiger partial charge < -0.3 is 25.8 Å². The average molecular weight is 448 g/mol. The third kappa shape index (κ3) is 5.63. The number of nitrogens with two attached hydrogens (primary N) is 1. The van der Waals surface area contributed by atoms with Crippen molar-refractivity contribution in [2.24, 2.45) is 5.73 Å². The molecule has 3 rings (SSSR count). The minimum atomic E-state index is -0.672. The van der Waals surface area contributed by atoms with E-state index >= 15 is 0 Å². The van der Waals surface area contributed by atoms with Crippen molar-refractivity contribution in [2.75, 3.05) is 19.8 Å². The van der Waals surface area contributed by atoms with Gasteiger partial charge in [0.1, 0.15) is 13.2 Å². The van der Waals surface area contributed by atoms with Gasteiger partial charge in [-0.15, -0.1) is 0 Å². The number of fused-ring (bicyclic) bond motifs is 1. The number of urea groups is 1. The highest BCUT2D eigenvalue weighted by Gasteiger charge is 2.18. The van der Waals surface area contributed by atoms with E-state index in [0.29, 0.717) is 26.2 Å². The molecule has 0 aliphatic carbocycles. The van der Waals surface area contributed by atoms with Crippen LogP contribution >= 0.6 is 15.9 Å². The third-order valence-electron chi connectivity index (χ3n) is 4.30. The number of halogens is 1. The van der Waals surface area contributed by atoms with Gasteiger partial charge in [-0.1, -0.05) is 34.1 Å². The number of ether oxygens (including phenoxy) is 2. The van der Waals surface area contributed by atoms with E-state index < -0.39 is 12.1 Å². The van der Waals surface area contributed by atoms with E-state index in [2.05, 4.69) is 26.6 Å². The van der Waals surface area contributed by atoms with Gasteiger partial charge >= 0.3 is 6.03 Å². The fourth-order valence-corrected chi connectivity index (χ4v) is 3.41. The van der Waals surface area contributed by atoms with E-state index in [1.165, 1.54) is 0 Å². The van der Waals surface area contributed by atoms with Gasteiger partial charge in [0.2, 0.25) is 5.91 Å². The van der Waals surface area contributed by atoms with Crippen molar-refractivity contribution in [3.8, 4) is 11.5 Å². The van der Waals surface area contributed by atoms with Gasteiger partial charge in [0.05, 0.1) is 12.5 Å². The van der Waals surface area contributed by atoms with Crippen LogP contribution in [0.4, 0.5) is 4.79 Å². The number of nitrogens with one attached hydrogen (secondary N) is 2. The maximum atomic E-state index is 12.4. The van der Waals surface area contributed by atoms with E-state index in [1.807, 2.05) is 42.5 Å². The maximum Gasteiger partial charge on any atom is 0.312 e. The average Bonchev–Trinajstić information content (AvgIpc) is 2.67. The molecule has 0 saturated carbocycles. The van der Waals surface area contributed by atoms with Gasteiger partial charge in [-0.2, -0.15) is 0 Å². The van der Waals surface area contributed by atoms with E-state index in [4.69, 9.17) is 15.2 Å². The molecule has 7 nitrogen and oxygen atoms in total. The molecule has 0 radical (unpaired) electrons. The number of carbonyl (C=O) groups is 2. The third-order valence-corrected chi connectivity index (χ3v) is 4.79. The van der Waals surface area contributed by atoms with Crippen LogP contribution in [0.15, 0.2) is 46.9 Å². The first kappa shape index (κ1) is 20.0. The Labute approximate surface area is 171 Å². The summed E-state index contributed by atoms with van der Waals surface area (Å²) in [5.41, 5.74) is 7.11. The lowest BCUT2D eigenvalue weighted by Crippen LogP contribution is -2.37. The molecule has 1 heterocycles. The van der Waals surface area contributed by atoms with Crippen LogP contribution in [0.25, 0.3) is 0 Å². The summed E-state index contributed by atoms with van der Waals surface area (Å²) in [6.45, 7) is 1.57. The Morgan fingerprint density at radius 2 is 1.89 bits per heavy atom. The van der Waals surface area contributed by atoms with Crippen molar-refractivity contribution in [2.45, 2.75) is 18.9 Å². The van der Waals surface area contributed by atoms with Crippen molar-refractivity contribution in [3.05, 3.63) is 58.1 Å². The number of primary amides is 1. The molecule has 0 aromatic heterocycles. The topological polar surface area (TPSA) is 103 Å². The standard InChI is InChI=1S/C20H22BrN3O4/c21-15-3-1-2-14(11-15)16(24-20(22)26)12-19(25)23-7-6-13-4-5-17-18(10-13)28-9-8-27-17/h1-5,10-11,16H,6-9,12H2,(H,23,25)(H3,22,24,26)/t16-/m0/s1. The van der Waals surface area contributed by atoms with E-state index in [1.54, 1.807) is 0 Å². The molecule has 2 aromatic rings. The molecule has 8 heteroatoms. The van der Waals surface area contributed by atoms with Crippen LogP contribution in [-0.2, 0) is 11.2 Å². The monoisotopic (exact) mass is 447 g/mol. The van der Waals surface area contributed by atoms with Gasteiger partial charge in [-0.3, -0.25) is 4.79 Å². The fourth-order valence-electron chi connectivity index (χ4n) is 2.99. The molecule has 4 N–H and O–H groups in total. The lowest BCUT2D eigenvalue weighted by Gasteiger charge is -2.19. The molecule has 0 bridgehead atoms. The van der Waals surface area contributed by atoms with Crippen molar-refractivity contribution in [3.63, 3.8) is 0 Å². The first-order chi connectivity index (χ1) is 13.5. The lowest BCUT2D eigenvalue weighted by atomic mass is 10.0. The van der Waals surface area contributed by atoms with Crippen molar-refractivity contribution in [1.29, 1.82) is 0 Å². The molecule has 0 saturated heterocycles. The Balaban J connectivity index is 1.54. The van der Waals surface area contributed by atoms with Crippen molar-refractivity contribution < 1.29 is 19.1 Å². The summed E-state index contributed by atoms with van der Waals surface area (Å²) in [5, 5.41) is 5.51. The molecule has 1 aliphatic heterocycles. The Morgan fingerprint density at radius 3 is 2.64 bits per heavy atom. The normalized spacial score (nSPS) is 13.5. The molecule has 0 unspecified atom stereocenters. The maximum absolute atomic E-state index is 12.4. The number of hydrogen-bond donors (Lipinski definition) is 3. The van der Waals surface area contributed by atoms with Crippen LogP contribution in [0.5, 0.6) is 11.5 Å². The Bertz CT molecular complexity index is 859. The minimum absolute atomic E-state index is 0.0978.